The summed E-state index contributed by atoms with van der Waals surface area (Å²) in [7, 11) is 0. The molecule has 0 aliphatic rings. The molecule has 6 nitrogen and oxygen atoms in total. The van der Waals surface area contributed by atoms with Crippen molar-refractivity contribution in [2.75, 3.05) is 5.32 Å². The number of benzene rings is 2. The Morgan fingerprint density at radius 2 is 1.78 bits per heavy atom. The molecule has 0 heterocycles. The van der Waals surface area contributed by atoms with Crippen LogP contribution in [0.4, 0.5) is 10.1 Å². The Balaban J connectivity index is 1.89. The lowest BCUT2D eigenvalue weighted by Crippen LogP contribution is -2.35. The van der Waals surface area contributed by atoms with Crippen molar-refractivity contribution < 1.29 is 23.5 Å². The molecule has 0 spiro atoms. The van der Waals surface area contributed by atoms with E-state index >= 15 is 0 Å². The maximum atomic E-state index is 13.5. The van der Waals surface area contributed by atoms with Crippen LogP contribution in [0, 0.1) is 24.1 Å². The summed E-state index contributed by atoms with van der Waals surface area (Å²) in [6.07, 6.45) is -2.04. The molecular formula is C20H19FN2O4. The van der Waals surface area contributed by atoms with Crippen LogP contribution in [0.2, 0.25) is 0 Å². The van der Waals surface area contributed by atoms with Gasteiger partial charge in [0.25, 0.3) is 5.91 Å². The Labute approximate surface area is 156 Å². The van der Waals surface area contributed by atoms with Crippen molar-refractivity contribution in [1.82, 2.24) is 0 Å². The number of rotatable bonds is 6. The highest BCUT2D eigenvalue weighted by molar-refractivity contribution is 5.95. The van der Waals surface area contributed by atoms with Crippen LogP contribution < -0.4 is 10.1 Å². The molecule has 0 radical (unpaired) electrons. The van der Waals surface area contributed by atoms with Crippen LogP contribution in [0.25, 0.3) is 0 Å². The van der Waals surface area contributed by atoms with Crippen molar-refractivity contribution in [2.45, 2.75) is 33.0 Å². The maximum absolute atomic E-state index is 13.5. The Kier molecular flexibility index (Phi) is 6.50. The smallest absolute Gasteiger partial charge is 0.347 e. The van der Waals surface area contributed by atoms with Crippen molar-refractivity contribution in [3.05, 3.63) is 59.4 Å². The van der Waals surface area contributed by atoms with E-state index in [4.69, 9.17) is 14.7 Å². The van der Waals surface area contributed by atoms with Gasteiger partial charge in [-0.2, -0.15) is 5.26 Å². The Bertz CT molecular complexity index is 875. The Morgan fingerprint density at radius 1 is 1.11 bits per heavy atom. The van der Waals surface area contributed by atoms with E-state index in [1.807, 2.05) is 6.07 Å². The molecule has 0 saturated heterocycles. The first-order valence-corrected chi connectivity index (χ1v) is 8.24. The minimum Gasteiger partial charge on any atom is -0.479 e. The molecule has 1 N–H and O–H groups in total. The number of ether oxygens (including phenoxy) is 2. The van der Waals surface area contributed by atoms with Crippen LogP contribution in [0.1, 0.15) is 25.0 Å². The number of aryl methyl sites for hydroxylation is 1. The van der Waals surface area contributed by atoms with Crippen LogP contribution in [0.5, 0.6) is 5.75 Å². The van der Waals surface area contributed by atoms with E-state index in [1.165, 1.54) is 26.0 Å². The SMILES string of the molecule is Cc1ccc(NC(=O)[C@H](C)OC(=O)[C@@H](C)Oc2ccc(C#N)cc2)cc1F. The number of amides is 1. The minimum atomic E-state index is -1.09. The van der Waals surface area contributed by atoms with E-state index in [0.717, 1.165) is 0 Å². The third kappa shape index (κ3) is 5.54. The van der Waals surface area contributed by atoms with Crippen molar-refractivity contribution in [3.8, 4) is 11.8 Å². The first-order chi connectivity index (χ1) is 12.8. The number of nitrogens with zero attached hydrogens (tertiary/aromatic N) is 1. The monoisotopic (exact) mass is 370 g/mol. The second kappa shape index (κ2) is 8.81. The lowest BCUT2D eigenvalue weighted by molar-refractivity contribution is -0.159. The summed E-state index contributed by atoms with van der Waals surface area (Å²) >= 11 is 0. The number of hydrogen-bond acceptors (Lipinski definition) is 5. The summed E-state index contributed by atoms with van der Waals surface area (Å²) < 4.78 is 24.1. The first kappa shape index (κ1) is 19.9. The van der Waals surface area contributed by atoms with Gasteiger partial charge in [0.15, 0.2) is 12.2 Å². The van der Waals surface area contributed by atoms with Gasteiger partial charge < -0.3 is 14.8 Å². The van der Waals surface area contributed by atoms with Crippen molar-refractivity contribution in [2.24, 2.45) is 0 Å². The molecule has 2 atom stereocenters. The van der Waals surface area contributed by atoms with E-state index in [9.17, 15) is 14.0 Å². The number of anilines is 1. The standard InChI is InChI=1S/C20H19FN2O4/c1-12-4-7-16(10-18(12)21)23-19(24)13(2)27-20(25)14(3)26-17-8-5-15(11-22)6-9-17/h4-10,13-14H,1-3H3,(H,23,24)/t13-,14+/m0/s1. The third-order valence-electron chi connectivity index (χ3n) is 3.73. The minimum absolute atomic E-state index is 0.271. The average molecular weight is 370 g/mol. The fourth-order valence-corrected chi connectivity index (χ4v) is 2.10. The van der Waals surface area contributed by atoms with Gasteiger partial charge in [0.2, 0.25) is 0 Å². The zero-order valence-electron chi connectivity index (χ0n) is 15.2. The van der Waals surface area contributed by atoms with Gasteiger partial charge in [-0.1, -0.05) is 6.07 Å². The molecule has 2 rings (SSSR count). The lowest BCUT2D eigenvalue weighted by Gasteiger charge is -2.18. The fraction of sp³-hybridized carbons (Fsp3) is 0.250. The summed E-state index contributed by atoms with van der Waals surface area (Å²) in [5, 5.41) is 11.2. The number of hydrogen-bond donors (Lipinski definition) is 1. The average Bonchev–Trinajstić information content (AvgIpc) is 2.65. The molecule has 0 saturated carbocycles. The summed E-state index contributed by atoms with van der Waals surface area (Å²) in [6, 6.07) is 12.5. The molecule has 2 aromatic rings. The Hall–Kier alpha value is -3.40. The van der Waals surface area contributed by atoms with Gasteiger partial charge in [0, 0.05) is 5.69 Å². The normalized spacial score (nSPS) is 12.4. The van der Waals surface area contributed by atoms with Gasteiger partial charge in [-0.3, -0.25) is 4.79 Å². The fourth-order valence-electron chi connectivity index (χ4n) is 2.10. The topological polar surface area (TPSA) is 88.4 Å². The maximum Gasteiger partial charge on any atom is 0.347 e. The number of nitriles is 1. The molecule has 1 amide bonds. The van der Waals surface area contributed by atoms with Gasteiger partial charge in [-0.15, -0.1) is 0 Å². The van der Waals surface area contributed by atoms with Crippen LogP contribution in [0.15, 0.2) is 42.5 Å². The van der Waals surface area contributed by atoms with Gasteiger partial charge in [0.05, 0.1) is 11.6 Å². The summed E-state index contributed by atoms with van der Waals surface area (Å²) in [5.41, 5.74) is 1.20. The van der Waals surface area contributed by atoms with Crippen LogP contribution in [-0.2, 0) is 14.3 Å². The molecule has 2 aromatic carbocycles. The quantitative estimate of drug-likeness (QED) is 0.788. The van der Waals surface area contributed by atoms with Crippen LogP contribution in [-0.4, -0.2) is 24.1 Å². The highest BCUT2D eigenvalue weighted by atomic mass is 19.1. The molecule has 0 unspecified atom stereocenters. The molecule has 140 valence electrons. The van der Waals surface area contributed by atoms with Gasteiger partial charge in [-0.05, 0) is 62.7 Å². The molecule has 0 aliphatic carbocycles. The molecule has 0 bridgehead atoms. The van der Waals surface area contributed by atoms with E-state index in [0.29, 0.717) is 16.9 Å². The molecule has 0 aliphatic heterocycles. The number of halogens is 1. The second-order valence-corrected chi connectivity index (χ2v) is 5.93. The highest BCUT2D eigenvalue weighted by Gasteiger charge is 2.23. The number of esters is 1. The van der Waals surface area contributed by atoms with E-state index in [2.05, 4.69) is 5.32 Å². The molecule has 7 heteroatoms. The molecule has 27 heavy (non-hydrogen) atoms. The molecule has 0 fully saturated rings. The highest BCUT2D eigenvalue weighted by Crippen LogP contribution is 2.16. The second-order valence-electron chi connectivity index (χ2n) is 5.93. The molecular weight excluding hydrogens is 351 g/mol. The largest absolute Gasteiger partial charge is 0.479 e. The van der Waals surface area contributed by atoms with Gasteiger partial charge in [0.1, 0.15) is 11.6 Å². The lowest BCUT2D eigenvalue weighted by atomic mass is 10.2. The number of nitrogens with one attached hydrogen (secondary N) is 1. The van der Waals surface area contributed by atoms with Crippen molar-refractivity contribution in [3.63, 3.8) is 0 Å². The van der Waals surface area contributed by atoms with E-state index in [1.54, 1.807) is 37.3 Å². The van der Waals surface area contributed by atoms with E-state index in [-0.39, 0.29) is 5.69 Å². The zero-order chi connectivity index (χ0) is 20.0. The number of carbonyl (C=O) groups is 2. The zero-order valence-corrected chi connectivity index (χ0v) is 15.2. The van der Waals surface area contributed by atoms with E-state index < -0.39 is 29.9 Å². The number of carbonyl (C=O) groups excluding carboxylic acids is 2. The predicted octanol–water partition coefficient (Wildman–Crippen LogP) is 3.34. The van der Waals surface area contributed by atoms with Crippen molar-refractivity contribution >= 4 is 17.6 Å². The summed E-state index contributed by atoms with van der Waals surface area (Å²) in [6.45, 7) is 4.51. The van der Waals surface area contributed by atoms with Crippen molar-refractivity contribution in [1.29, 1.82) is 5.26 Å². The van der Waals surface area contributed by atoms with Gasteiger partial charge >= 0.3 is 5.97 Å². The van der Waals surface area contributed by atoms with Crippen LogP contribution in [0.3, 0.4) is 0 Å². The summed E-state index contributed by atoms with van der Waals surface area (Å²) in [5.74, 6) is -1.36. The Morgan fingerprint density at radius 3 is 2.37 bits per heavy atom. The summed E-state index contributed by atoms with van der Waals surface area (Å²) in [4.78, 5) is 24.2. The van der Waals surface area contributed by atoms with Crippen LogP contribution >= 0.6 is 0 Å². The first-order valence-electron chi connectivity index (χ1n) is 8.24. The van der Waals surface area contributed by atoms with Gasteiger partial charge in [-0.25, -0.2) is 9.18 Å². The third-order valence-corrected chi connectivity index (χ3v) is 3.73. The molecule has 0 aromatic heterocycles. The predicted molar refractivity (Wildman–Crippen MR) is 96.6 cm³/mol.